The van der Waals surface area contributed by atoms with E-state index >= 15 is 0 Å². The molecule has 0 fully saturated rings. The monoisotopic (exact) mass is 359 g/mol. The van der Waals surface area contributed by atoms with Gasteiger partial charge in [0.05, 0.1) is 0 Å². The van der Waals surface area contributed by atoms with Gasteiger partial charge in [0, 0.05) is 29.5 Å². The molecule has 24 heavy (non-hydrogen) atoms. The molecule has 3 rings (SSSR count). The summed E-state index contributed by atoms with van der Waals surface area (Å²) in [4.78, 5) is 0. The maximum absolute atomic E-state index is 9.10. The Hall–Kier alpha value is -1.82. The molecule has 0 bridgehead atoms. The predicted molar refractivity (Wildman–Crippen MR) is 97.8 cm³/mol. The van der Waals surface area contributed by atoms with Gasteiger partial charge in [0.1, 0.15) is 5.82 Å². The second-order valence-electron chi connectivity index (χ2n) is 5.28. The molecule has 0 aliphatic heterocycles. The highest BCUT2D eigenvalue weighted by Gasteiger charge is 2.14. The van der Waals surface area contributed by atoms with Crippen molar-refractivity contribution in [1.29, 1.82) is 0 Å². The van der Waals surface area contributed by atoms with Crippen LogP contribution in [0.5, 0.6) is 0 Å². The van der Waals surface area contributed by atoms with Crippen LogP contribution in [0.4, 0.5) is 0 Å². The van der Waals surface area contributed by atoms with Crippen molar-refractivity contribution in [2.75, 3.05) is 6.61 Å². The van der Waals surface area contributed by atoms with Crippen LogP contribution in [0.1, 0.15) is 17.8 Å². The average Bonchev–Trinajstić information content (AvgIpc) is 3.03. The molecule has 1 aromatic heterocycles. The van der Waals surface area contributed by atoms with Gasteiger partial charge in [-0.25, -0.2) is 0 Å². The van der Waals surface area contributed by atoms with E-state index in [2.05, 4.69) is 14.8 Å². The summed E-state index contributed by atoms with van der Waals surface area (Å²) in [5, 5.41) is 19.3. The summed E-state index contributed by atoms with van der Waals surface area (Å²) in [7, 11) is 0. The third-order valence-corrected chi connectivity index (χ3v) is 4.93. The number of para-hydroxylation sites is 1. The summed E-state index contributed by atoms with van der Waals surface area (Å²) >= 11 is 7.84. The number of rotatable bonds is 7. The first-order valence-electron chi connectivity index (χ1n) is 7.76. The van der Waals surface area contributed by atoms with Crippen LogP contribution in [0.15, 0.2) is 59.8 Å². The number of halogens is 1. The minimum atomic E-state index is 0.143. The van der Waals surface area contributed by atoms with Crippen LogP contribution in [-0.4, -0.2) is 26.5 Å². The maximum Gasteiger partial charge on any atom is 0.196 e. The molecule has 1 N–H and O–H groups in total. The Morgan fingerprint density at radius 3 is 2.50 bits per heavy atom. The molecule has 6 heteroatoms. The van der Waals surface area contributed by atoms with Crippen molar-refractivity contribution in [2.24, 2.45) is 0 Å². The standard InChI is InChI=1S/C18H18ClN3OS/c19-16-10-5-4-7-14(16)13-24-18-21-20-17(11-6-12-23)22(18)15-8-2-1-3-9-15/h1-5,7-10,23H,6,11-13H2. The molecular weight excluding hydrogens is 342 g/mol. The summed E-state index contributed by atoms with van der Waals surface area (Å²) in [6.45, 7) is 0.143. The second-order valence-corrected chi connectivity index (χ2v) is 6.63. The van der Waals surface area contributed by atoms with E-state index in [0.29, 0.717) is 12.8 Å². The molecule has 0 saturated heterocycles. The van der Waals surface area contributed by atoms with Gasteiger partial charge in [-0.15, -0.1) is 10.2 Å². The first kappa shape index (κ1) is 17.0. The fraction of sp³-hybridized carbons (Fsp3) is 0.222. The maximum atomic E-state index is 9.10. The zero-order valence-corrected chi connectivity index (χ0v) is 14.7. The fourth-order valence-electron chi connectivity index (χ4n) is 2.39. The van der Waals surface area contributed by atoms with Crippen LogP contribution in [0.25, 0.3) is 5.69 Å². The van der Waals surface area contributed by atoms with Gasteiger partial charge in [-0.2, -0.15) is 0 Å². The summed E-state index contributed by atoms with van der Waals surface area (Å²) in [5.41, 5.74) is 2.10. The molecule has 124 valence electrons. The van der Waals surface area contributed by atoms with Crippen molar-refractivity contribution < 1.29 is 5.11 Å². The van der Waals surface area contributed by atoms with Crippen molar-refractivity contribution in [3.63, 3.8) is 0 Å². The molecule has 0 aliphatic carbocycles. The molecule has 2 aromatic carbocycles. The lowest BCUT2D eigenvalue weighted by Crippen LogP contribution is -2.04. The number of aromatic nitrogens is 3. The van der Waals surface area contributed by atoms with Crippen molar-refractivity contribution in [3.05, 3.63) is 71.0 Å². The number of thioether (sulfide) groups is 1. The topological polar surface area (TPSA) is 50.9 Å². The van der Waals surface area contributed by atoms with Crippen LogP contribution in [0.2, 0.25) is 5.02 Å². The first-order valence-corrected chi connectivity index (χ1v) is 9.12. The van der Waals surface area contributed by atoms with Crippen LogP contribution in [0.3, 0.4) is 0 Å². The molecule has 0 aliphatic rings. The molecule has 4 nitrogen and oxygen atoms in total. The number of aryl methyl sites for hydroxylation is 1. The average molecular weight is 360 g/mol. The molecule has 0 amide bonds. The third kappa shape index (κ3) is 3.98. The lowest BCUT2D eigenvalue weighted by Gasteiger charge is -2.10. The Bertz CT molecular complexity index is 792. The highest BCUT2D eigenvalue weighted by Crippen LogP contribution is 2.28. The normalized spacial score (nSPS) is 10.9. The quantitative estimate of drug-likeness (QED) is 0.644. The minimum Gasteiger partial charge on any atom is -0.396 e. The van der Waals surface area contributed by atoms with Crippen LogP contribution in [-0.2, 0) is 12.2 Å². The van der Waals surface area contributed by atoms with Crippen molar-refractivity contribution in [2.45, 2.75) is 23.8 Å². The molecule has 3 aromatic rings. The lowest BCUT2D eigenvalue weighted by molar-refractivity contribution is 0.287. The van der Waals surface area contributed by atoms with Crippen LogP contribution >= 0.6 is 23.4 Å². The van der Waals surface area contributed by atoms with Gasteiger partial charge < -0.3 is 5.11 Å². The number of aliphatic hydroxyl groups excluding tert-OH is 1. The van der Waals surface area contributed by atoms with E-state index in [9.17, 15) is 0 Å². The molecule has 0 atom stereocenters. The van der Waals surface area contributed by atoms with Crippen LogP contribution < -0.4 is 0 Å². The van der Waals surface area contributed by atoms with Gasteiger partial charge in [0.15, 0.2) is 5.16 Å². The molecule has 0 saturated carbocycles. The Morgan fingerprint density at radius 1 is 1.00 bits per heavy atom. The number of hydrogen-bond acceptors (Lipinski definition) is 4. The number of aliphatic hydroxyl groups is 1. The molecule has 0 radical (unpaired) electrons. The number of nitrogens with zero attached hydrogens (tertiary/aromatic N) is 3. The van der Waals surface area contributed by atoms with Gasteiger partial charge >= 0.3 is 0 Å². The van der Waals surface area contributed by atoms with Gasteiger partial charge in [-0.3, -0.25) is 4.57 Å². The Morgan fingerprint density at radius 2 is 1.75 bits per heavy atom. The fourth-order valence-corrected chi connectivity index (χ4v) is 3.64. The van der Waals surface area contributed by atoms with E-state index in [4.69, 9.17) is 16.7 Å². The number of hydrogen-bond donors (Lipinski definition) is 1. The molecular formula is C18H18ClN3OS. The van der Waals surface area contributed by atoms with E-state index in [1.807, 2.05) is 54.6 Å². The SMILES string of the molecule is OCCCc1nnc(SCc2ccccc2Cl)n1-c1ccccc1. The van der Waals surface area contributed by atoms with Crippen molar-refractivity contribution in [3.8, 4) is 5.69 Å². The van der Waals surface area contributed by atoms with Gasteiger partial charge in [0.25, 0.3) is 0 Å². The lowest BCUT2D eigenvalue weighted by atomic mass is 10.2. The van der Waals surface area contributed by atoms with Gasteiger partial charge in [-0.05, 0) is 30.2 Å². The smallest absolute Gasteiger partial charge is 0.196 e. The van der Waals surface area contributed by atoms with E-state index in [0.717, 1.165) is 33.0 Å². The predicted octanol–water partition coefficient (Wildman–Crippen LogP) is 4.14. The van der Waals surface area contributed by atoms with Crippen molar-refractivity contribution >= 4 is 23.4 Å². The van der Waals surface area contributed by atoms with Gasteiger partial charge in [-0.1, -0.05) is 59.8 Å². The summed E-state index contributed by atoms with van der Waals surface area (Å²) in [5.74, 6) is 1.59. The Labute approximate surface area is 150 Å². The van der Waals surface area contributed by atoms with E-state index in [-0.39, 0.29) is 6.61 Å². The second kappa shape index (κ2) is 8.33. The summed E-state index contributed by atoms with van der Waals surface area (Å²) in [6.07, 6.45) is 1.35. The van der Waals surface area contributed by atoms with Gasteiger partial charge in [0.2, 0.25) is 0 Å². The highest BCUT2D eigenvalue weighted by atomic mass is 35.5. The third-order valence-electron chi connectivity index (χ3n) is 3.59. The highest BCUT2D eigenvalue weighted by molar-refractivity contribution is 7.98. The first-order chi connectivity index (χ1) is 11.8. The van der Waals surface area contributed by atoms with E-state index < -0.39 is 0 Å². The summed E-state index contributed by atoms with van der Waals surface area (Å²) in [6, 6.07) is 17.9. The molecule has 0 unspecified atom stereocenters. The van der Waals surface area contributed by atoms with Crippen LogP contribution in [0, 0.1) is 0 Å². The Balaban J connectivity index is 1.87. The van der Waals surface area contributed by atoms with E-state index in [1.54, 1.807) is 11.8 Å². The molecule has 0 spiro atoms. The van der Waals surface area contributed by atoms with Crippen molar-refractivity contribution in [1.82, 2.24) is 14.8 Å². The zero-order chi connectivity index (χ0) is 16.8. The zero-order valence-electron chi connectivity index (χ0n) is 13.1. The van der Waals surface area contributed by atoms with E-state index in [1.165, 1.54) is 0 Å². The number of benzene rings is 2. The Kier molecular flexibility index (Phi) is 5.91. The largest absolute Gasteiger partial charge is 0.396 e. The molecule has 1 heterocycles. The summed E-state index contributed by atoms with van der Waals surface area (Å²) < 4.78 is 2.05. The minimum absolute atomic E-state index is 0.143.